The average Bonchev–Trinajstić information content (AvgIpc) is 2.07. The fourth-order valence-electron chi connectivity index (χ4n) is 1.22. The maximum Gasteiger partial charge on any atom is 0.403 e. The highest BCUT2D eigenvalue weighted by Gasteiger charge is 2.44. The number of carbonyl (C=O) groups is 1. The second-order valence-corrected chi connectivity index (χ2v) is 4.17. The predicted molar refractivity (Wildman–Crippen MR) is 54.1 cm³/mol. The zero-order valence-electron chi connectivity index (χ0n) is 9.47. The minimum absolute atomic E-state index is 0.415. The SMILES string of the molecule is CC(C)CCCNCC(C(=O)O)C(F)(F)F. The van der Waals surface area contributed by atoms with E-state index in [4.69, 9.17) is 5.11 Å². The van der Waals surface area contributed by atoms with Crippen LogP contribution in [-0.2, 0) is 4.79 Å². The Morgan fingerprint density at radius 3 is 2.31 bits per heavy atom. The first-order chi connectivity index (χ1) is 7.25. The summed E-state index contributed by atoms with van der Waals surface area (Å²) in [5, 5.41) is 10.9. The summed E-state index contributed by atoms with van der Waals surface area (Å²) < 4.78 is 36.6. The predicted octanol–water partition coefficient (Wildman–Crippen LogP) is 2.28. The van der Waals surface area contributed by atoms with Gasteiger partial charge in [0.15, 0.2) is 5.92 Å². The highest BCUT2D eigenvalue weighted by atomic mass is 19.4. The number of halogens is 3. The maximum atomic E-state index is 12.2. The van der Waals surface area contributed by atoms with Gasteiger partial charge in [0.05, 0.1) is 0 Å². The normalized spacial score (nSPS) is 14.1. The van der Waals surface area contributed by atoms with E-state index in [9.17, 15) is 18.0 Å². The van der Waals surface area contributed by atoms with Crippen LogP contribution >= 0.6 is 0 Å². The Labute approximate surface area is 93.0 Å². The largest absolute Gasteiger partial charge is 0.481 e. The summed E-state index contributed by atoms with van der Waals surface area (Å²) in [6, 6.07) is 0. The molecule has 1 unspecified atom stereocenters. The van der Waals surface area contributed by atoms with Gasteiger partial charge >= 0.3 is 12.1 Å². The zero-order valence-corrected chi connectivity index (χ0v) is 9.47. The van der Waals surface area contributed by atoms with Crippen molar-refractivity contribution >= 4 is 5.97 Å². The minimum atomic E-state index is -4.68. The third-order valence-corrected chi connectivity index (χ3v) is 2.18. The van der Waals surface area contributed by atoms with Crippen molar-refractivity contribution in [2.45, 2.75) is 32.9 Å². The number of rotatable bonds is 7. The Balaban J connectivity index is 3.83. The topological polar surface area (TPSA) is 49.3 Å². The van der Waals surface area contributed by atoms with Crippen molar-refractivity contribution in [3.05, 3.63) is 0 Å². The van der Waals surface area contributed by atoms with Crippen LogP contribution in [0.1, 0.15) is 26.7 Å². The first-order valence-electron chi connectivity index (χ1n) is 5.25. The van der Waals surface area contributed by atoms with Gasteiger partial charge in [-0.05, 0) is 25.3 Å². The van der Waals surface area contributed by atoms with E-state index in [0.29, 0.717) is 12.5 Å². The number of hydrogen-bond donors (Lipinski definition) is 2. The van der Waals surface area contributed by atoms with E-state index in [0.717, 1.165) is 12.8 Å². The standard InChI is InChI=1S/C10H18F3NO2/c1-7(2)4-3-5-14-6-8(9(15)16)10(11,12)13/h7-8,14H,3-6H2,1-2H3,(H,15,16). The molecular weight excluding hydrogens is 223 g/mol. The molecule has 0 aromatic rings. The van der Waals surface area contributed by atoms with Gasteiger partial charge in [0, 0.05) is 6.54 Å². The van der Waals surface area contributed by atoms with Gasteiger partial charge in [-0.25, -0.2) is 0 Å². The van der Waals surface area contributed by atoms with Crippen LogP contribution in [0.4, 0.5) is 13.2 Å². The van der Waals surface area contributed by atoms with Crippen LogP contribution in [0, 0.1) is 11.8 Å². The van der Waals surface area contributed by atoms with E-state index < -0.39 is 24.6 Å². The van der Waals surface area contributed by atoms with Gasteiger partial charge in [0.2, 0.25) is 0 Å². The Bertz CT molecular complexity index is 217. The van der Waals surface area contributed by atoms with Crippen LogP contribution in [0.25, 0.3) is 0 Å². The molecule has 2 N–H and O–H groups in total. The van der Waals surface area contributed by atoms with Crippen molar-refractivity contribution < 1.29 is 23.1 Å². The molecule has 1 atom stereocenters. The molecule has 0 saturated heterocycles. The van der Waals surface area contributed by atoms with E-state index >= 15 is 0 Å². The van der Waals surface area contributed by atoms with E-state index in [1.54, 1.807) is 0 Å². The van der Waals surface area contributed by atoms with Crippen molar-refractivity contribution in [3.63, 3.8) is 0 Å². The van der Waals surface area contributed by atoms with Gasteiger partial charge in [0.25, 0.3) is 0 Å². The van der Waals surface area contributed by atoms with Crippen LogP contribution in [-0.4, -0.2) is 30.3 Å². The van der Waals surface area contributed by atoms with E-state index in [-0.39, 0.29) is 0 Å². The molecular formula is C10H18F3NO2. The summed E-state index contributed by atoms with van der Waals surface area (Å²) in [7, 11) is 0. The molecule has 0 aliphatic rings. The number of alkyl halides is 3. The molecule has 0 saturated carbocycles. The summed E-state index contributed by atoms with van der Waals surface area (Å²) in [5.41, 5.74) is 0. The average molecular weight is 241 g/mol. The molecule has 0 radical (unpaired) electrons. The maximum absolute atomic E-state index is 12.2. The fourth-order valence-corrected chi connectivity index (χ4v) is 1.22. The highest BCUT2D eigenvalue weighted by Crippen LogP contribution is 2.25. The van der Waals surface area contributed by atoms with Crippen molar-refractivity contribution in [1.82, 2.24) is 5.32 Å². The van der Waals surface area contributed by atoms with Gasteiger partial charge in [-0.15, -0.1) is 0 Å². The lowest BCUT2D eigenvalue weighted by Crippen LogP contribution is -2.39. The lowest BCUT2D eigenvalue weighted by Gasteiger charge is -2.16. The first kappa shape index (κ1) is 15.2. The van der Waals surface area contributed by atoms with Crippen LogP contribution in [0.5, 0.6) is 0 Å². The molecule has 6 heteroatoms. The number of carboxylic acids is 1. The second kappa shape index (κ2) is 6.73. The van der Waals surface area contributed by atoms with Crippen molar-refractivity contribution in [1.29, 1.82) is 0 Å². The summed E-state index contributed by atoms with van der Waals surface area (Å²) in [6.45, 7) is 3.90. The van der Waals surface area contributed by atoms with Crippen LogP contribution in [0.15, 0.2) is 0 Å². The Morgan fingerprint density at radius 1 is 1.38 bits per heavy atom. The number of nitrogens with one attached hydrogen (secondary N) is 1. The van der Waals surface area contributed by atoms with Crippen molar-refractivity contribution in [2.24, 2.45) is 11.8 Å². The third kappa shape index (κ3) is 6.66. The van der Waals surface area contributed by atoms with Crippen LogP contribution < -0.4 is 5.32 Å². The summed E-state index contributed by atoms with van der Waals surface area (Å²) in [6.07, 6.45) is -3.02. The fraction of sp³-hybridized carbons (Fsp3) is 0.900. The van der Waals surface area contributed by atoms with Crippen LogP contribution in [0.3, 0.4) is 0 Å². The lowest BCUT2D eigenvalue weighted by molar-refractivity contribution is -0.192. The van der Waals surface area contributed by atoms with Crippen molar-refractivity contribution in [2.75, 3.05) is 13.1 Å². The molecule has 96 valence electrons. The van der Waals surface area contributed by atoms with Gasteiger partial charge in [0.1, 0.15) is 0 Å². The molecule has 0 amide bonds. The molecule has 0 aliphatic carbocycles. The lowest BCUT2D eigenvalue weighted by atomic mass is 10.1. The Morgan fingerprint density at radius 2 is 1.94 bits per heavy atom. The zero-order chi connectivity index (χ0) is 12.8. The van der Waals surface area contributed by atoms with E-state index in [1.807, 2.05) is 13.8 Å². The smallest absolute Gasteiger partial charge is 0.403 e. The minimum Gasteiger partial charge on any atom is -0.481 e. The molecule has 3 nitrogen and oxygen atoms in total. The summed E-state index contributed by atoms with van der Waals surface area (Å²) >= 11 is 0. The molecule has 0 aromatic heterocycles. The number of aliphatic carboxylic acids is 1. The molecule has 0 heterocycles. The monoisotopic (exact) mass is 241 g/mol. The number of hydrogen-bond acceptors (Lipinski definition) is 2. The number of carboxylic acid groups (broad SMARTS) is 1. The second-order valence-electron chi connectivity index (χ2n) is 4.17. The van der Waals surface area contributed by atoms with E-state index in [2.05, 4.69) is 5.32 Å². The molecule has 0 bridgehead atoms. The van der Waals surface area contributed by atoms with Gasteiger partial charge in [-0.2, -0.15) is 13.2 Å². The summed E-state index contributed by atoms with van der Waals surface area (Å²) in [5.74, 6) is -3.64. The van der Waals surface area contributed by atoms with E-state index in [1.165, 1.54) is 0 Å². The van der Waals surface area contributed by atoms with Gasteiger partial charge in [-0.1, -0.05) is 13.8 Å². The molecule has 0 fully saturated rings. The molecule has 0 aromatic carbocycles. The molecule has 16 heavy (non-hydrogen) atoms. The van der Waals surface area contributed by atoms with Gasteiger partial charge < -0.3 is 10.4 Å². The van der Waals surface area contributed by atoms with Gasteiger partial charge in [-0.3, -0.25) is 4.79 Å². The molecule has 0 rings (SSSR count). The van der Waals surface area contributed by atoms with Crippen molar-refractivity contribution in [3.8, 4) is 0 Å². The molecule has 0 aliphatic heterocycles. The molecule has 0 spiro atoms. The van der Waals surface area contributed by atoms with Crippen LogP contribution in [0.2, 0.25) is 0 Å². The highest BCUT2D eigenvalue weighted by molar-refractivity contribution is 5.71. The summed E-state index contributed by atoms with van der Waals surface area (Å²) in [4.78, 5) is 10.4. The first-order valence-corrected chi connectivity index (χ1v) is 5.25. The quantitative estimate of drug-likeness (QED) is 0.672. The third-order valence-electron chi connectivity index (χ3n) is 2.18. The Kier molecular flexibility index (Phi) is 6.40. The Hall–Kier alpha value is -0.780.